The van der Waals surface area contributed by atoms with E-state index < -0.39 is 20.0 Å². The normalized spacial score (nSPS) is 16.7. The fraction of sp³-hybridized carbons (Fsp3) is 0.239. The van der Waals surface area contributed by atoms with E-state index in [4.69, 9.17) is 24.2 Å². The second kappa shape index (κ2) is 26.8. The monoisotopic (exact) mass is 1280 g/mol. The molecule has 2 atom stereocenters. The maximum Gasteiger partial charge on any atom is 0.269 e. The van der Waals surface area contributed by atoms with Gasteiger partial charge in [-0.2, -0.15) is 15.8 Å². The van der Waals surface area contributed by atoms with Crippen molar-refractivity contribution in [3.05, 3.63) is 193 Å². The summed E-state index contributed by atoms with van der Waals surface area (Å²) < 4.78 is 82.9. The average molecular weight is 1280 g/mol. The second-order valence-corrected chi connectivity index (χ2v) is 26.4. The number of rotatable bonds is 15. The zero-order valence-electron chi connectivity index (χ0n) is 50.5. The van der Waals surface area contributed by atoms with Gasteiger partial charge >= 0.3 is 0 Å². The van der Waals surface area contributed by atoms with Crippen LogP contribution in [0.3, 0.4) is 0 Å². The topological polar surface area (TPSA) is 251 Å². The van der Waals surface area contributed by atoms with Crippen molar-refractivity contribution in [1.29, 1.82) is 15.8 Å². The molecular weight excluding hydrogens is 1210 g/mol. The second-order valence-electron chi connectivity index (χ2n) is 22.8. The minimum Gasteiger partial charge on any atom is -0.488 e. The third-order valence-electron chi connectivity index (χ3n) is 17.1. The summed E-state index contributed by atoms with van der Waals surface area (Å²) in [5, 5.41) is 33.5. The first-order valence-corrected chi connectivity index (χ1v) is 33.5. The van der Waals surface area contributed by atoms with Crippen molar-refractivity contribution in [2.45, 2.75) is 41.3 Å². The molecule has 0 bridgehead atoms. The van der Waals surface area contributed by atoms with Gasteiger partial charge in [0.05, 0.1) is 71.3 Å². The number of benzene rings is 6. The SMILES string of the molecule is N#CCC(=O)N1CC[C@H](Oc2ccc(-c3ccnc4c3cc(-c3ccc(N5CCOCC5)cc3)n4S(=O)(=O)c3ccccc3)cc2C#N)C1.N#Cc1cc(-c2ccnc3c2cc(-c2ccc(N4CCOCC4)cc2)n3S(=O)(=O)c2ccccc2)ccc1O[C@H]1CCNC1. The highest BCUT2D eigenvalue weighted by Gasteiger charge is 2.31. The molecule has 468 valence electrons. The number of hydrogen-bond acceptors (Lipinski definition) is 17. The molecule has 4 aliphatic rings. The third kappa shape index (κ3) is 12.6. The summed E-state index contributed by atoms with van der Waals surface area (Å²) in [5.74, 6) is 0.696. The molecule has 1 amide bonds. The highest BCUT2D eigenvalue weighted by molar-refractivity contribution is 7.90. The van der Waals surface area contributed by atoms with Crippen molar-refractivity contribution in [2.24, 2.45) is 0 Å². The Bertz CT molecular complexity index is 4780. The van der Waals surface area contributed by atoms with Gasteiger partial charge in [-0.05, 0) is 143 Å². The molecular formula is C71H63N11O9S2. The zero-order chi connectivity index (χ0) is 64.1. The van der Waals surface area contributed by atoms with Gasteiger partial charge in [-0.25, -0.2) is 34.7 Å². The van der Waals surface area contributed by atoms with E-state index in [-0.39, 0.29) is 40.0 Å². The van der Waals surface area contributed by atoms with Crippen LogP contribution in [0.2, 0.25) is 0 Å². The number of nitriles is 3. The summed E-state index contributed by atoms with van der Waals surface area (Å²) in [6.07, 6.45) is 4.20. The molecule has 4 aliphatic heterocycles. The van der Waals surface area contributed by atoms with Crippen molar-refractivity contribution in [3.8, 4) is 74.5 Å². The van der Waals surface area contributed by atoms with Gasteiger partial charge in [-0.1, -0.05) is 72.8 Å². The molecule has 4 saturated heterocycles. The van der Waals surface area contributed by atoms with Crippen LogP contribution in [0.5, 0.6) is 11.5 Å². The smallest absolute Gasteiger partial charge is 0.269 e. The number of carbonyl (C=O) groups is 1. The number of nitrogens with zero attached hydrogens (tertiary/aromatic N) is 10. The molecule has 0 radical (unpaired) electrons. The summed E-state index contributed by atoms with van der Waals surface area (Å²) in [4.78, 5) is 27.7. The van der Waals surface area contributed by atoms with E-state index >= 15 is 0 Å². The lowest BCUT2D eigenvalue weighted by molar-refractivity contribution is -0.129. The van der Waals surface area contributed by atoms with Gasteiger partial charge in [0, 0.05) is 80.2 Å². The van der Waals surface area contributed by atoms with E-state index in [9.17, 15) is 32.2 Å². The van der Waals surface area contributed by atoms with E-state index in [0.29, 0.717) is 113 Å². The van der Waals surface area contributed by atoms with Crippen LogP contribution in [-0.2, 0) is 34.3 Å². The van der Waals surface area contributed by atoms with E-state index in [0.717, 1.165) is 73.8 Å². The molecule has 10 aromatic rings. The number of ether oxygens (including phenoxy) is 4. The van der Waals surface area contributed by atoms with E-state index in [2.05, 4.69) is 37.2 Å². The number of fused-ring (bicyclic) bond motifs is 2. The van der Waals surface area contributed by atoms with Crippen LogP contribution in [0.15, 0.2) is 192 Å². The van der Waals surface area contributed by atoms with Gasteiger partial charge in [-0.15, -0.1) is 0 Å². The molecule has 8 heterocycles. The lowest BCUT2D eigenvalue weighted by Gasteiger charge is -2.28. The molecule has 1 N–H and O–H groups in total. The number of morpholine rings is 2. The van der Waals surface area contributed by atoms with Crippen molar-refractivity contribution in [2.75, 3.05) is 88.6 Å². The largest absolute Gasteiger partial charge is 0.488 e. The fourth-order valence-corrected chi connectivity index (χ4v) is 15.4. The number of carbonyl (C=O) groups excluding carboxylic acids is 1. The molecule has 0 saturated carbocycles. The van der Waals surface area contributed by atoms with Gasteiger partial charge in [0.15, 0.2) is 11.3 Å². The predicted molar refractivity (Wildman–Crippen MR) is 353 cm³/mol. The van der Waals surface area contributed by atoms with Crippen LogP contribution in [0.4, 0.5) is 11.4 Å². The highest BCUT2D eigenvalue weighted by Crippen LogP contribution is 2.41. The number of hydrogen-bond donors (Lipinski definition) is 1. The number of anilines is 2. The number of aromatic nitrogens is 4. The standard InChI is InChI=1S/C37H32N6O5S.C34H31N5O4S/c38-15-12-36(44)42-17-14-30(25-42)48-35-11-8-27(22-28(35)24-39)32-13-16-40-37-33(32)23-34(43(37)49(45,46)31-4-2-1-3-5-31)26-6-9-29(10-7-26)41-18-20-47-21-19-41;35-22-26-20-25(8-11-33(26)43-28-12-14-36-23-28)30-13-15-37-34-31(30)21-32(39(34)44(40,41)29-4-2-1-3-5-29)24-6-9-27(10-7-24)38-16-18-42-19-17-38/h1-11,13,16,22-23,30H,12,14,17-21,25H2;1-11,13,15,20-21,28,36H,12,14,16-19,23H2/t30-;28-/m00/s1. The number of amides is 1. The minimum absolute atomic E-state index is 0.0231. The first-order chi connectivity index (χ1) is 45.4. The van der Waals surface area contributed by atoms with Crippen molar-refractivity contribution >= 4 is 59.4 Å². The lowest BCUT2D eigenvalue weighted by atomic mass is 10.0. The van der Waals surface area contributed by atoms with Crippen LogP contribution in [0, 0.1) is 34.0 Å². The summed E-state index contributed by atoms with van der Waals surface area (Å²) >= 11 is 0. The fourth-order valence-electron chi connectivity index (χ4n) is 12.4. The Morgan fingerprint density at radius 3 is 1.42 bits per heavy atom. The molecule has 22 heteroatoms. The molecule has 6 aromatic carbocycles. The van der Waals surface area contributed by atoms with Crippen molar-refractivity contribution in [3.63, 3.8) is 0 Å². The quantitative estimate of drug-likeness (QED) is 0.100. The minimum atomic E-state index is -4.07. The van der Waals surface area contributed by atoms with E-state index in [1.54, 1.807) is 102 Å². The van der Waals surface area contributed by atoms with Crippen molar-refractivity contribution < 1.29 is 40.6 Å². The van der Waals surface area contributed by atoms with Crippen LogP contribution >= 0.6 is 0 Å². The van der Waals surface area contributed by atoms with Crippen LogP contribution < -0.4 is 24.6 Å². The molecule has 4 fully saturated rings. The highest BCUT2D eigenvalue weighted by atomic mass is 32.2. The lowest BCUT2D eigenvalue weighted by Crippen LogP contribution is -2.36. The maximum atomic E-state index is 14.3. The van der Waals surface area contributed by atoms with Gasteiger partial charge in [0.1, 0.15) is 42.3 Å². The molecule has 0 spiro atoms. The summed E-state index contributed by atoms with van der Waals surface area (Å²) in [6, 6.07) is 57.0. The van der Waals surface area contributed by atoms with E-state index in [1.165, 1.54) is 7.94 Å². The Balaban J connectivity index is 0.000000170. The number of nitrogens with one attached hydrogen (secondary N) is 1. The van der Waals surface area contributed by atoms with Gasteiger partial charge < -0.3 is 39.0 Å². The molecule has 0 unspecified atom stereocenters. The molecule has 4 aromatic heterocycles. The van der Waals surface area contributed by atoms with E-state index in [1.807, 2.05) is 91.0 Å². The first kappa shape index (κ1) is 61.5. The predicted octanol–water partition coefficient (Wildman–Crippen LogP) is 10.3. The summed E-state index contributed by atoms with van der Waals surface area (Å²) in [5.41, 5.74) is 8.77. The molecule has 93 heavy (non-hydrogen) atoms. The van der Waals surface area contributed by atoms with Crippen LogP contribution in [0.1, 0.15) is 30.4 Å². The molecule has 14 rings (SSSR count). The number of likely N-dealkylation sites (tertiary alicyclic amines) is 1. The molecule has 20 nitrogen and oxygen atoms in total. The first-order valence-electron chi connectivity index (χ1n) is 30.7. The zero-order valence-corrected chi connectivity index (χ0v) is 52.2. The van der Waals surface area contributed by atoms with Crippen molar-refractivity contribution in [1.82, 2.24) is 28.1 Å². The Labute approximate surface area is 538 Å². The van der Waals surface area contributed by atoms with Crippen LogP contribution in [0.25, 0.3) is 66.8 Å². The Hall–Kier alpha value is -10.4. The van der Waals surface area contributed by atoms with Gasteiger partial charge in [0.2, 0.25) is 5.91 Å². The number of pyridine rings is 2. The summed E-state index contributed by atoms with van der Waals surface area (Å²) in [7, 11) is -8.08. The maximum absolute atomic E-state index is 14.3. The third-order valence-corrected chi connectivity index (χ3v) is 20.6. The Kier molecular flexibility index (Phi) is 17.7. The Morgan fingerprint density at radius 1 is 0.538 bits per heavy atom. The van der Waals surface area contributed by atoms with Gasteiger partial charge in [-0.3, -0.25) is 4.79 Å². The summed E-state index contributed by atoms with van der Waals surface area (Å²) in [6.45, 7) is 8.32. The molecule has 0 aliphatic carbocycles. The van der Waals surface area contributed by atoms with Gasteiger partial charge in [0.25, 0.3) is 20.0 Å². The van der Waals surface area contributed by atoms with Crippen LogP contribution in [-0.4, -0.2) is 137 Å². The average Bonchev–Trinajstić information content (AvgIpc) is 1.63. The Morgan fingerprint density at radius 2 is 0.989 bits per heavy atom.